The molecular formula is C9H9NO. The first-order chi connectivity index (χ1) is 5.36. The van der Waals surface area contributed by atoms with Crippen molar-refractivity contribution in [3.05, 3.63) is 47.4 Å². The molecule has 0 aliphatic carbocycles. The molecule has 0 atom stereocenters. The number of hydrogen-bond donors (Lipinski definition) is 0. The molecule has 0 saturated heterocycles. The van der Waals surface area contributed by atoms with Crippen LogP contribution in [0.4, 0.5) is 5.69 Å². The fraction of sp³-hybridized carbons (Fsp3) is 0.111. The highest BCUT2D eigenvalue weighted by Gasteiger charge is 1.90. The molecule has 56 valence electrons. The van der Waals surface area contributed by atoms with Gasteiger partial charge in [-0.1, -0.05) is 18.2 Å². The molecule has 0 saturated carbocycles. The van der Waals surface area contributed by atoms with Crippen LogP contribution in [-0.2, 0) is 6.42 Å². The molecule has 0 spiro atoms. The Morgan fingerprint density at radius 1 is 1.36 bits per heavy atom. The first kappa shape index (κ1) is 7.66. The minimum absolute atomic E-state index is 0.470. The van der Waals surface area contributed by atoms with E-state index < -0.39 is 0 Å². The Labute approximate surface area is 65.5 Å². The number of nitroso groups, excluding NO2 is 1. The van der Waals surface area contributed by atoms with Crippen LogP contribution < -0.4 is 0 Å². The summed E-state index contributed by atoms with van der Waals surface area (Å²) in [7, 11) is 0. The topological polar surface area (TPSA) is 29.4 Å². The molecule has 0 fully saturated rings. The van der Waals surface area contributed by atoms with Crippen molar-refractivity contribution >= 4 is 5.69 Å². The van der Waals surface area contributed by atoms with E-state index >= 15 is 0 Å². The Kier molecular flexibility index (Phi) is 2.55. The van der Waals surface area contributed by atoms with Crippen molar-refractivity contribution in [2.45, 2.75) is 6.42 Å². The van der Waals surface area contributed by atoms with Crippen molar-refractivity contribution in [2.24, 2.45) is 5.18 Å². The van der Waals surface area contributed by atoms with Gasteiger partial charge < -0.3 is 0 Å². The molecule has 0 aliphatic heterocycles. The van der Waals surface area contributed by atoms with E-state index in [-0.39, 0.29) is 0 Å². The Morgan fingerprint density at radius 3 is 2.45 bits per heavy atom. The molecule has 0 aliphatic rings. The van der Waals surface area contributed by atoms with E-state index in [9.17, 15) is 4.91 Å². The lowest BCUT2D eigenvalue weighted by Gasteiger charge is -1.93. The van der Waals surface area contributed by atoms with E-state index in [2.05, 4.69) is 11.8 Å². The monoisotopic (exact) mass is 147 g/mol. The molecule has 1 aromatic carbocycles. The third-order valence-corrected chi connectivity index (χ3v) is 1.42. The van der Waals surface area contributed by atoms with Crippen molar-refractivity contribution < 1.29 is 0 Å². The zero-order valence-corrected chi connectivity index (χ0v) is 6.16. The second-order valence-corrected chi connectivity index (χ2v) is 2.25. The van der Waals surface area contributed by atoms with Gasteiger partial charge >= 0.3 is 0 Å². The molecule has 0 unspecified atom stereocenters. The lowest BCUT2D eigenvalue weighted by molar-refractivity contribution is 1.27. The molecule has 1 aromatic rings. The van der Waals surface area contributed by atoms with Crippen LogP contribution in [0.3, 0.4) is 0 Å². The Balaban J connectivity index is 2.81. The first-order valence-corrected chi connectivity index (χ1v) is 3.40. The number of allylic oxidation sites excluding steroid dienone is 1. The normalized spacial score (nSPS) is 9.09. The average Bonchev–Trinajstić information content (AvgIpc) is 2.07. The third kappa shape index (κ3) is 2.00. The second kappa shape index (κ2) is 3.66. The quantitative estimate of drug-likeness (QED) is 0.477. The fourth-order valence-corrected chi connectivity index (χ4v) is 0.860. The van der Waals surface area contributed by atoms with Gasteiger partial charge in [-0.2, -0.15) is 0 Å². The summed E-state index contributed by atoms with van der Waals surface area (Å²) in [4.78, 5) is 10.0. The lowest BCUT2D eigenvalue weighted by atomic mass is 10.1. The second-order valence-electron chi connectivity index (χ2n) is 2.25. The zero-order chi connectivity index (χ0) is 8.10. The van der Waals surface area contributed by atoms with Crippen molar-refractivity contribution in [3.8, 4) is 0 Å². The summed E-state index contributed by atoms with van der Waals surface area (Å²) >= 11 is 0. The van der Waals surface area contributed by atoms with Gasteiger partial charge in [0.15, 0.2) is 0 Å². The van der Waals surface area contributed by atoms with Crippen molar-refractivity contribution in [1.29, 1.82) is 0 Å². The van der Waals surface area contributed by atoms with Crippen molar-refractivity contribution in [2.75, 3.05) is 0 Å². The number of rotatable bonds is 3. The largest absolute Gasteiger partial charge is 0.145 e. The Hall–Kier alpha value is -1.44. The average molecular weight is 147 g/mol. The lowest BCUT2D eigenvalue weighted by Crippen LogP contribution is -1.77. The molecule has 0 N–H and O–H groups in total. The van der Waals surface area contributed by atoms with E-state index in [0.29, 0.717) is 5.69 Å². The van der Waals surface area contributed by atoms with Crippen LogP contribution in [0.1, 0.15) is 5.56 Å². The zero-order valence-electron chi connectivity index (χ0n) is 6.16. The molecule has 11 heavy (non-hydrogen) atoms. The van der Waals surface area contributed by atoms with Crippen LogP contribution in [0.25, 0.3) is 0 Å². The molecule has 0 aromatic heterocycles. The van der Waals surface area contributed by atoms with Crippen molar-refractivity contribution in [3.63, 3.8) is 0 Å². The molecule has 0 heterocycles. The highest BCUT2D eigenvalue weighted by Crippen LogP contribution is 2.12. The molecule has 0 radical (unpaired) electrons. The standard InChI is InChI=1S/C9H9NO/c1-2-3-8-4-6-9(10-11)7-5-8/h2,4-7H,1,3H2. The van der Waals surface area contributed by atoms with Gasteiger partial charge in [0.25, 0.3) is 0 Å². The minimum atomic E-state index is 0.470. The van der Waals surface area contributed by atoms with Gasteiger partial charge in [0.1, 0.15) is 5.69 Å². The summed E-state index contributed by atoms with van der Waals surface area (Å²) in [6.45, 7) is 3.61. The van der Waals surface area contributed by atoms with E-state index in [0.717, 1.165) is 12.0 Å². The van der Waals surface area contributed by atoms with E-state index in [1.165, 1.54) is 0 Å². The van der Waals surface area contributed by atoms with E-state index in [1.54, 1.807) is 12.1 Å². The van der Waals surface area contributed by atoms with Gasteiger partial charge in [-0.05, 0) is 29.3 Å². The Bertz CT molecular complexity index is 251. The first-order valence-electron chi connectivity index (χ1n) is 3.40. The highest BCUT2D eigenvalue weighted by molar-refractivity contribution is 5.38. The summed E-state index contributed by atoms with van der Waals surface area (Å²) in [5.41, 5.74) is 1.62. The minimum Gasteiger partial charge on any atom is -0.145 e. The summed E-state index contributed by atoms with van der Waals surface area (Å²) in [5, 5.41) is 2.80. The van der Waals surface area contributed by atoms with Gasteiger partial charge in [-0.25, -0.2) is 0 Å². The molecule has 0 amide bonds. The molecule has 0 bridgehead atoms. The predicted octanol–water partition coefficient (Wildman–Crippen LogP) is 2.81. The summed E-state index contributed by atoms with van der Waals surface area (Å²) < 4.78 is 0. The number of benzene rings is 1. The van der Waals surface area contributed by atoms with Gasteiger partial charge in [0.2, 0.25) is 0 Å². The molecule has 2 nitrogen and oxygen atoms in total. The number of hydrogen-bond acceptors (Lipinski definition) is 2. The van der Waals surface area contributed by atoms with Gasteiger partial charge in [0.05, 0.1) is 0 Å². The fourth-order valence-electron chi connectivity index (χ4n) is 0.860. The van der Waals surface area contributed by atoms with Gasteiger partial charge in [-0.3, -0.25) is 0 Å². The maximum Gasteiger partial charge on any atom is 0.108 e. The SMILES string of the molecule is C=CCc1ccc(N=O)cc1. The van der Waals surface area contributed by atoms with E-state index in [4.69, 9.17) is 0 Å². The van der Waals surface area contributed by atoms with Crippen LogP contribution in [-0.4, -0.2) is 0 Å². The van der Waals surface area contributed by atoms with Gasteiger partial charge in [0, 0.05) is 0 Å². The summed E-state index contributed by atoms with van der Waals surface area (Å²) in [6, 6.07) is 7.15. The van der Waals surface area contributed by atoms with Crippen molar-refractivity contribution in [1.82, 2.24) is 0 Å². The molecular weight excluding hydrogens is 138 g/mol. The van der Waals surface area contributed by atoms with Crippen LogP contribution in [0.15, 0.2) is 42.1 Å². The maximum atomic E-state index is 10.0. The predicted molar refractivity (Wildman–Crippen MR) is 45.8 cm³/mol. The highest BCUT2D eigenvalue weighted by atomic mass is 16.3. The third-order valence-electron chi connectivity index (χ3n) is 1.42. The van der Waals surface area contributed by atoms with E-state index in [1.807, 2.05) is 18.2 Å². The Morgan fingerprint density at radius 2 is 2.00 bits per heavy atom. The smallest absolute Gasteiger partial charge is 0.108 e. The van der Waals surface area contributed by atoms with Crippen LogP contribution >= 0.6 is 0 Å². The van der Waals surface area contributed by atoms with Gasteiger partial charge in [-0.15, -0.1) is 11.5 Å². The summed E-state index contributed by atoms with van der Waals surface area (Å²) in [5.74, 6) is 0. The van der Waals surface area contributed by atoms with Crippen LogP contribution in [0, 0.1) is 4.91 Å². The summed E-state index contributed by atoms with van der Waals surface area (Å²) in [6.07, 6.45) is 2.66. The van der Waals surface area contributed by atoms with Crippen LogP contribution in [0.5, 0.6) is 0 Å². The molecule has 2 heteroatoms. The molecule has 1 rings (SSSR count). The maximum absolute atomic E-state index is 10.0. The number of nitrogens with zero attached hydrogens (tertiary/aromatic N) is 1. The van der Waals surface area contributed by atoms with Crippen LogP contribution in [0.2, 0.25) is 0 Å².